The van der Waals surface area contributed by atoms with Gasteiger partial charge in [0.15, 0.2) is 0 Å². The van der Waals surface area contributed by atoms with E-state index in [-0.39, 0.29) is 6.03 Å². The van der Waals surface area contributed by atoms with E-state index < -0.39 is 0 Å². The smallest absolute Gasteiger partial charge is 0.319 e. The molecule has 0 saturated heterocycles. The lowest BCUT2D eigenvalue weighted by molar-refractivity contribution is 0.251. The molecule has 0 aliphatic heterocycles. The summed E-state index contributed by atoms with van der Waals surface area (Å²) in [5.41, 5.74) is 2.39. The largest absolute Gasteiger partial charge is 0.354 e. The maximum atomic E-state index is 11.6. The second-order valence-electron chi connectivity index (χ2n) is 5.20. The van der Waals surface area contributed by atoms with Crippen LogP contribution in [-0.2, 0) is 0 Å². The summed E-state index contributed by atoms with van der Waals surface area (Å²) in [7, 11) is 0. The van der Waals surface area contributed by atoms with Crippen LogP contribution in [0.2, 0.25) is 10.0 Å². The number of carbonyl (C=O) groups excluding carboxylic acids is 1. The minimum Gasteiger partial charge on any atom is -0.354 e. The van der Waals surface area contributed by atoms with Crippen molar-refractivity contribution in [3.8, 4) is 0 Å². The maximum absolute atomic E-state index is 11.6. The molecule has 0 radical (unpaired) electrons. The summed E-state index contributed by atoms with van der Waals surface area (Å²) in [5, 5.41) is 10.0. The lowest BCUT2D eigenvalue weighted by Crippen LogP contribution is -2.30. The number of halogens is 2. The fourth-order valence-electron chi connectivity index (χ4n) is 1.96. The van der Waals surface area contributed by atoms with Gasteiger partial charge in [0.25, 0.3) is 0 Å². The van der Waals surface area contributed by atoms with Crippen molar-refractivity contribution >= 4 is 46.3 Å². The molecule has 114 valence electrons. The number of nitrogens with one attached hydrogen (secondary N) is 3. The van der Waals surface area contributed by atoms with Gasteiger partial charge in [0, 0.05) is 22.4 Å². The van der Waals surface area contributed by atoms with Gasteiger partial charge in [-0.2, -0.15) is 0 Å². The Balaban J connectivity index is 1.62. The molecular formula is C16H15Cl2N3O. The minimum atomic E-state index is -0.163. The lowest BCUT2D eigenvalue weighted by atomic mass is 10.2. The normalized spacial score (nSPS) is 13.5. The maximum Gasteiger partial charge on any atom is 0.319 e. The van der Waals surface area contributed by atoms with Crippen molar-refractivity contribution in [1.82, 2.24) is 5.32 Å². The lowest BCUT2D eigenvalue weighted by Gasteiger charge is -2.10. The number of benzene rings is 2. The number of anilines is 3. The average molecular weight is 336 g/mol. The summed E-state index contributed by atoms with van der Waals surface area (Å²) < 4.78 is 0. The first-order valence-electron chi connectivity index (χ1n) is 7.00. The van der Waals surface area contributed by atoms with Gasteiger partial charge in [-0.15, -0.1) is 0 Å². The van der Waals surface area contributed by atoms with Crippen molar-refractivity contribution in [2.45, 2.75) is 18.9 Å². The van der Waals surface area contributed by atoms with E-state index in [0.717, 1.165) is 29.9 Å². The Bertz CT molecular complexity index is 684. The summed E-state index contributed by atoms with van der Waals surface area (Å²) >= 11 is 12.0. The minimum absolute atomic E-state index is 0.163. The molecule has 2 aromatic rings. The first kappa shape index (κ1) is 15.0. The molecule has 6 heteroatoms. The Morgan fingerprint density at radius 3 is 2.32 bits per heavy atom. The Hall–Kier alpha value is -1.91. The topological polar surface area (TPSA) is 53.2 Å². The van der Waals surface area contributed by atoms with E-state index in [2.05, 4.69) is 16.0 Å². The van der Waals surface area contributed by atoms with Crippen molar-refractivity contribution in [2.24, 2.45) is 0 Å². The Labute approximate surface area is 138 Å². The van der Waals surface area contributed by atoms with E-state index in [1.807, 2.05) is 30.3 Å². The number of hydrogen-bond acceptors (Lipinski definition) is 2. The third-order valence-electron chi connectivity index (χ3n) is 3.27. The number of rotatable bonds is 4. The molecule has 0 heterocycles. The number of urea groups is 1. The molecule has 1 saturated carbocycles. The quantitative estimate of drug-likeness (QED) is 0.734. The van der Waals surface area contributed by atoms with Gasteiger partial charge < -0.3 is 16.0 Å². The molecule has 0 spiro atoms. The second kappa shape index (κ2) is 6.46. The molecule has 0 aromatic heterocycles. The predicted molar refractivity (Wildman–Crippen MR) is 91.4 cm³/mol. The van der Waals surface area contributed by atoms with Gasteiger partial charge in [-0.05, 0) is 55.3 Å². The van der Waals surface area contributed by atoms with Crippen LogP contribution in [0.4, 0.5) is 21.9 Å². The molecule has 1 aliphatic carbocycles. The highest BCUT2D eigenvalue weighted by Gasteiger charge is 2.23. The number of carbonyl (C=O) groups is 1. The van der Waals surface area contributed by atoms with Gasteiger partial charge in [-0.3, -0.25) is 0 Å². The van der Waals surface area contributed by atoms with Gasteiger partial charge in [-0.1, -0.05) is 23.2 Å². The van der Waals surface area contributed by atoms with Crippen LogP contribution in [0.1, 0.15) is 12.8 Å². The van der Waals surface area contributed by atoms with Gasteiger partial charge in [0.2, 0.25) is 0 Å². The molecule has 22 heavy (non-hydrogen) atoms. The van der Waals surface area contributed by atoms with Crippen LogP contribution in [0, 0.1) is 0 Å². The molecule has 2 amide bonds. The molecule has 3 N–H and O–H groups in total. The standard InChI is InChI=1S/C16H15Cl2N3O/c17-10-1-8-15(14(18)9-10)19-11-2-4-12(5-3-11)20-16(22)21-13-6-7-13/h1-5,8-9,13,19H,6-7H2,(H2,20,21,22). The zero-order valence-corrected chi connectivity index (χ0v) is 13.2. The summed E-state index contributed by atoms with van der Waals surface area (Å²) in [4.78, 5) is 11.6. The van der Waals surface area contributed by atoms with E-state index in [9.17, 15) is 4.79 Å². The third-order valence-corrected chi connectivity index (χ3v) is 3.81. The highest BCUT2D eigenvalue weighted by atomic mass is 35.5. The van der Waals surface area contributed by atoms with Crippen LogP contribution in [0.25, 0.3) is 0 Å². The van der Waals surface area contributed by atoms with E-state index in [4.69, 9.17) is 23.2 Å². The van der Waals surface area contributed by atoms with Crippen molar-refractivity contribution in [1.29, 1.82) is 0 Å². The van der Waals surface area contributed by atoms with E-state index >= 15 is 0 Å². The van der Waals surface area contributed by atoms with Crippen LogP contribution < -0.4 is 16.0 Å². The molecule has 0 unspecified atom stereocenters. The third kappa shape index (κ3) is 4.06. The first-order chi connectivity index (χ1) is 10.6. The fraction of sp³-hybridized carbons (Fsp3) is 0.188. The SMILES string of the molecule is O=C(Nc1ccc(Nc2ccc(Cl)cc2Cl)cc1)NC1CC1. The molecule has 0 atom stereocenters. The molecule has 3 rings (SSSR count). The van der Waals surface area contributed by atoms with Crippen LogP contribution in [0.3, 0.4) is 0 Å². The Morgan fingerprint density at radius 1 is 1.00 bits per heavy atom. The van der Waals surface area contributed by atoms with Gasteiger partial charge in [-0.25, -0.2) is 4.79 Å². The molecule has 4 nitrogen and oxygen atoms in total. The van der Waals surface area contributed by atoms with E-state index in [1.54, 1.807) is 12.1 Å². The van der Waals surface area contributed by atoms with Crippen LogP contribution >= 0.6 is 23.2 Å². The highest BCUT2D eigenvalue weighted by molar-refractivity contribution is 6.36. The summed E-state index contributed by atoms with van der Waals surface area (Å²) in [6.07, 6.45) is 2.14. The van der Waals surface area contributed by atoms with Crippen LogP contribution in [-0.4, -0.2) is 12.1 Å². The number of amides is 2. The molecule has 0 bridgehead atoms. The van der Waals surface area contributed by atoms with Crippen molar-refractivity contribution < 1.29 is 4.79 Å². The summed E-state index contributed by atoms with van der Waals surface area (Å²) in [5.74, 6) is 0. The van der Waals surface area contributed by atoms with Crippen molar-refractivity contribution in [3.05, 3.63) is 52.5 Å². The molecule has 2 aromatic carbocycles. The van der Waals surface area contributed by atoms with Gasteiger partial charge >= 0.3 is 6.03 Å². The van der Waals surface area contributed by atoms with Crippen LogP contribution in [0.15, 0.2) is 42.5 Å². The van der Waals surface area contributed by atoms with E-state index in [0.29, 0.717) is 16.1 Å². The second-order valence-corrected chi connectivity index (χ2v) is 6.04. The van der Waals surface area contributed by atoms with Crippen molar-refractivity contribution in [3.63, 3.8) is 0 Å². The zero-order valence-electron chi connectivity index (χ0n) is 11.7. The first-order valence-corrected chi connectivity index (χ1v) is 7.75. The molecular weight excluding hydrogens is 321 g/mol. The van der Waals surface area contributed by atoms with Gasteiger partial charge in [0.1, 0.15) is 0 Å². The zero-order chi connectivity index (χ0) is 15.5. The summed E-state index contributed by atoms with van der Waals surface area (Å²) in [6, 6.07) is 12.9. The highest BCUT2D eigenvalue weighted by Crippen LogP contribution is 2.28. The predicted octanol–water partition coefficient (Wildman–Crippen LogP) is 5.02. The summed E-state index contributed by atoms with van der Waals surface area (Å²) in [6.45, 7) is 0. The van der Waals surface area contributed by atoms with Crippen LogP contribution in [0.5, 0.6) is 0 Å². The average Bonchev–Trinajstić information content (AvgIpc) is 3.28. The Kier molecular flexibility index (Phi) is 4.41. The molecule has 1 aliphatic rings. The fourth-order valence-corrected chi connectivity index (χ4v) is 2.42. The number of hydrogen-bond donors (Lipinski definition) is 3. The monoisotopic (exact) mass is 335 g/mol. The Morgan fingerprint density at radius 2 is 1.68 bits per heavy atom. The van der Waals surface area contributed by atoms with Crippen molar-refractivity contribution in [2.75, 3.05) is 10.6 Å². The van der Waals surface area contributed by atoms with E-state index in [1.165, 1.54) is 0 Å². The molecule has 1 fully saturated rings. The van der Waals surface area contributed by atoms with Gasteiger partial charge in [0.05, 0.1) is 10.7 Å².